The zero-order valence-corrected chi connectivity index (χ0v) is 18.9. The van der Waals surface area contributed by atoms with Crippen LogP contribution in [0.5, 0.6) is 11.5 Å². The number of phenolic OH excluding ortho intramolecular Hbond substituents is 2. The molecule has 33 heavy (non-hydrogen) atoms. The number of morpholine rings is 1. The summed E-state index contributed by atoms with van der Waals surface area (Å²) in [5, 5.41) is 24.4. The fourth-order valence-electron chi connectivity index (χ4n) is 3.39. The summed E-state index contributed by atoms with van der Waals surface area (Å²) in [6, 6.07) is 0.996. The normalized spacial score (nSPS) is 19.0. The second-order valence-electron chi connectivity index (χ2n) is 7.48. The first-order valence-electron chi connectivity index (χ1n) is 10.7. The summed E-state index contributed by atoms with van der Waals surface area (Å²) < 4.78 is 10.5. The van der Waals surface area contributed by atoms with E-state index in [4.69, 9.17) is 25.9 Å². The van der Waals surface area contributed by atoms with Gasteiger partial charge >= 0.3 is 5.97 Å². The summed E-state index contributed by atoms with van der Waals surface area (Å²) in [6.45, 7) is 1.83. The minimum atomic E-state index is -0.762. The van der Waals surface area contributed by atoms with Crippen LogP contribution in [0.1, 0.15) is 35.2 Å². The smallest absolute Gasteiger partial charge is 0.342 e. The fourth-order valence-corrected chi connectivity index (χ4v) is 3.61. The van der Waals surface area contributed by atoms with Crippen molar-refractivity contribution in [3.05, 3.63) is 46.5 Å². The number of hydrogen-bond donors (Lipinski definition) is 2. The van der Waals surface area contributed by atoms with Crippen molar-refractivity contribution >= 4 is 29.2 Å². The molecule has 0 radical (unpaired) electrons. The molecule has 1 saturated heterocycles. The molecule has 2 aliphatic heterocycles. The lowest BCUT2D eigenvalue weighted by Crippen LogP contribution is -2.42. The maximum Gasteiger partial charge on any atom is 0.342 e. The molecular weight excluding hydrogens is 452 g/mol. The number of hydrogen-bond acceptors (Lipinski definition) is 8. The van der Waals surface area contributed by atoms with E-state index in [0.29, 0.717) is 38.4 Å². The van der Waals surface area contributed by atoms with E-state index in [2.05, 4.69) is 5.16 Å². The Labute approximate surface area is 196 Å². The molecule has 2 N–H and O–H groups in total. The van der Waals surface area contributed by atoms with Crippen LogP contribution in [0.3, 0.4) is 0 Å². The highest BCUT2D eigenvalue weighted by Gasteiger charge is 2.24. The van der Waals surface area contributed by atoms with Gasteiger partial charge in [0.2, 0.25) is 0 Å². The zero-order valence-electron chi connectivity index (χ0n) is 18.2. The van der Waals surface area contributed by atoms with E-state index in [1.807, 2.05) is 18.2 Å². The lowest BCUT2D eigenvalue weighted by atomic mass is 9.99. The molecule has 0 saturated carbocycles. The van der Waals surface area contributed by atoms with Crippen LogP contribution in [0.2, 0.25) is 5.02 Å². The molecule has 178 valence electrons. The summed E-state index contributed by atoms with van der Waals surface area (Å²) in [5.41, 5.74) is 0.356. The summed E-state index contributed by atoms with van der Waals surface area (Å²) >= 11 is 6.28. The monoisotopic (exact) mass is 478 g/mol. The predicted octanol–water partition coefficient (Wildman–Crippen LogP) is 2.98. The van der Waals surface area contributed by atoms with Gasteiger partial charge in [0.15, 0.2) is 6.61 Å². The van der Waals surface area contributed by atoms with E-state index in [1.54, 1.807) is 11.0 Å². The average Bonchev–Trinajstić information content (AvgIpc) is 2.80. The number of carbonyl (C=O) groups excluding carboxylic acids is 2. The van der Waals surface area contributed by atoms with Gasteiger partial charge in [0.1, 0.15) is 17.1 Å². The number of cyclic esters (lactones) is 1. The van der Waals surface area contributed by atoms with E-state index in [9.17, 15) is 19.8 Å². The molecule has 1 aromatic rings. The molecule has 9 nitrogen and oxygen atoms in total. The Morgan fingerprint density at radius 2 is 1.82 bits per heavy atom. The van der Waals surface area contributed by atoms with Crippen molar-refractivity contribution in [3.8, 4) is 11.5 Å². The van der Waals surface area contributed by atoms with Crippen LogP contribution in [0.4, 0.5) is 0 Å². The number of fused-ring (bicyclic) bond motifs is 1. The second-order valence-corrected chi connectivity index (χ2v) is 7.86. The van der Waals surface area contributed by atoms with Crippen LogP contribution in [0.25, 0.3) is 0 Å². The van der Waals surface area contributed by atoms with E-state index in [-0.39, 0.29) is 47.4 Å². The minimum absolute atomic E-state index is 0.0384. The van der Waals surface area contributed by atoms with Gasteiger partial charge in [-0.25, -0.2) is 4.79 Å². The van der Waals surface area contributed by atoms with Crippen molar-refractivity contribution in [1.29, 1.82) is 0 Å². The molecule has 0 atom stereocenters. The predicted molar refractivity (Wildman–Crippen MR) is 122 cm³/mol. The number of esters is 1. The van der Waals surface area contributed by atoms with Gasteiger partial charge in [-0.1, -0.05) is 35.0 Å². The number of oxime groups is 1. The Kier molecular flexibility index (Phi) is 9.14. The molecule has 3 rings (SSSR count). The lowest BCUT2D eigenvalue weighted by Gasteiger charge is -2.26. The third kappa shape index (κ3) is 6.97. The van der Waals surface area contributed by atoms with Gasteiger partial charge in [-0.05, 0) is 30.9 Å². The van der Waals surface area contributed by atoms with E-state index in [0.717, 1.165) is 18.9 Å². The van der Waals surface area contributed by atoms with E-state index in [1.165, 1.54) is 0 Å². The molecule has 0 aliphatic carbocycles. The van der Waals surface area contributed by atoms with Crippen LogP contribution < -0.4 is 0 Å². The zero-order chi connectivity index (χ0) is 23.6. The highest BCUT2D eigenvalue weighted by molar-refractivity contribution is 6.33. The third-order valence-electron chi connectivity index (χ3n) is 5.11. The Hall–Kier alpha value is -3.04. The van der Waals surface area contributed by atoms with Crippen LogP contribution in [-0.4, -0.2) is 72.2 Å². The molecule has 0 aromatic heterocycles. The lowest BCUT2D eigenvalue weighted by molar-refractivity contribution is -0.140. The number of aromatic hydroxyl groups is 2. The number of amides is 1. The van der Waals surface area contributed by atoms with Gasteiger partial charge in [-0.2, -0.15) is 0 Å². The van der Waals surface area contributed by atoms with Crippen LogP contribution in [0, 0.1) is 0 Å². The maximum atomic E-state index is 12.6. The van der Waals surface area contributed by atoms with Crippen molar-refractivity contribution in [2.45, 2.75) is 25.7 Å². The number of benzene rings is 1. The van der Waals surface area contributed by atoms with Gasteiger partial charge in [0, 0.05) is 25.6 Å². The Morgan fingerprint density at radius 3 is 2.61 bits per heavy atom. The number of ether oxygens (including phenoxy) is 2. The van der Waals surface area contributed by atoms with Crippen molar-refractivity contribution < 1.29 is 34.1 Å². The van der Waals surface area contributed by atoms with E-state index >= 15 is 0 Å². The number of allylic oxidation sites excluding steroid dienone is 3. The van der Waals surface area contributed by atoms with Gasteiger partial charge in [-0.3, -0.25) is 4.79 Å². The van der Waals surface area contributed by atoms with Gasteiger partial charge in [0.25, 0.3) is 5.91 Å². The van der Waals surface area contributed by atoms with Gasteiger partial charge < -0.3 is 29.4 Å². The summed E-state index contributed by atoms with van der Waals surface area (Å²) in [7, 11) is 0. The summed E-state index contributed by atoms with van der Waals surface area (Å²) in [5.74, 6) is -1.81. The summed E-state index contributed by atoms with van der Waals surface area (Å²) in [6.07, 6.45) is 9.49. The molecule has 2 heterocycles. The highest BCUT2D eigenvalue weighted by atomic mass is 35.5. The minimum Gasteiger partial charge on any atom is -0.507 e. The van der Waals surface area contributed by atoms with E-state index < -0.39 is 11.7 Å². The number of rotatable bonds is 3. The number of halogens is 1. The molecular formula is C23H27ClN2O7. The molecule has 2 aliphatic rings. The van der Waals surface area contributed by atoms with Crippen molar-refractivity contribution in [1.82, 2.24) is 4.90 Å². The molecule has 0 unspecified atom stereocenters. The van der Waals surface area contributed by atoms with Crippen LogP contribution in [0.15, 0.2) is 35.5 Å². The first kappa shape index (κ1) is 24.6. The van der Waals surface area contributed by atoms with Crippen molar-refractivity contribution in [3.63, 3.8) is 0 Å². The standard InChI is InChI=1S/C23H27ClN2O7/c24-22-17-13-16(25-33-15-20(29)26-8-11-31-12-9-26)7-5-3-1-2-4-6-10-32-23(30)21(17)18(27)14-19(22)28/h2,4-5,7,14,27-28H,1,3,6,8-13,15H2. The van der Waals surface area contributed by atoms with Crippen LogP contribution in [-0.2, 0) is 25.5 Å². The largest absolute Gasteiger partial charge is 0.507 e. The Balaban J connectivity index is 1.86. The molecule has 10 heteroatoms. The molecule has 0 spiro atoms. The maximum absolute atomic E-state index is 12.6. The van der Waals surface area contributed by atoms with Gasteiger partial charge in [0.05, 0.1) is 30.6 Å². The Bertz CT molecular complexity index is 953. The topological polar surface area (TPSA) is 118 Å². The quantitative estimate of drug-likeness (QED) is 0.389. The first-order chi connectivity index (χ1) is 16.0. The number of phenols is 2. The van der Waals surface area contributed by atoms with Crippen molar-refractivity contribution in [2.24, 2.45) is 5.16 Å². The highest BCUT2D eigenvalue weighted by Crippen LogP contribution is 2.37. The molecule has 1 aromatic carbocycles. The summed E-state index contributed by atoms with van der Waals surface area (Å²) in [4.78, 5) is 31.9. The number of carbonyl (C=O) groups is 2. The van der Waals surface area contributed by atoms with Gasteiger partial charge in [-0.15, -0.1) is 0 Å². The average molecular weight is 479 g/mol. The number of nitrogens with zero attached hydrogens (tertiary/aromatic N) is 2. The van der Waals surface area contributed by atoms with Crippen LogP contribution >= 0.6 is 11.6 Å². The molecule has 0 bridgehead atoms. The molecule has 1 fully saturated rings. The fraction of sp³-hybridized carbons (Fsp3) is 0.435. The molecule has 1 amide bonds. The Morgan fingerprint density at radius 1 is 1.09 bits per heavy atom. The first-order valence-corrected chi connectivity index (χ1v) is 11.1. The SMILES string of the molecule is O=C1OCCC=CCCC=CC(=NOCC(=O)N2CCOCC2)Cc2c(Cl)c(O)cc(O)c21. The third-order valence-corrected chi connectivity index (χ3v) is 5.53. The van der Waals surface area contributed by atoms with Crippen molar-refractivity contribution in [2.75, 3.05) is 39.5 Å². The second kappa shape index (κ2) is 12.3.